The maximum atomic E-state index is 12.3. The van der Waals surface area contributed by atoms with E-state index in [1.807, 2.05) is 35.0 Å². The molecule has 0 spiro atoms. The summed E-state index contributed by atoms with van der Waals surface area (Å²) >= 11 is 0. The van der Waals surface area contributed by atoms with Crippen molar-refractivity contribution in [3.63, 3.8) is 0 Å². The van der Waals surface area contributed by atoms with Crippen LogP contribution in [0.5, 0.6) is 0 Å². The van der Waals surface area contributed by atoms with Crippen LogP contribution in [0.2, 0.25) is 0 Å². The number of nitrogens with zero attached hydrogens (tertiary/aromatic N) is 4. The zero-order valence-electron chi connectivity index (χ0n) is 16.7. The molecule has 0 fully saturated rings. The third-order valence-corrected chi connectivity index (χ3v) is 5.96. The van der Waals surface area contributed by atoms with E-state index in [0.717, 1.165) is 55.5 Å². The minimum Gasteiger partial charge on any atom is -0.357 e. The van der Waals surface area contributed by atoms with Crippen LogP contribution in [0.4, 0.5) is 0 Å². The Bertz CT molecular complexity index is 804. The second-order valence-corrected chi connectivity index (χ2v) is 8.47. The van der Waals surface area contributed by atoms with Gasteiger partial charge in [-0.2, -0.15) is 5.10 Å². The summed E-state index contributed by atoms with van der Waals surface area (Å²) in [7, 11) is -0.911. The van der Waals surface area contributed by atoms with Crippen LogP contribution >= 0.6 is 0 Å². The summed E-state index contributed by atoms with van der Waals surface area (Å²) in [4.78, 5) is 9.19. The Morgan fingerprint density at radius 1 is 1.32 bits per heavy atom. The summed E-state index contributed by atoms with van der Waals surface area (Å²) in [6, 6.07) is 10.2. The van der Waals surface area contributed by atoms with Gasteiger partial charge in [0.1, 0.15) is 5.82 Å². The second-order valence-electron chi connectivity index (χ2n) is 6.89. The summed E-state index contributed by atoms with van der Waals surface area (Å²) < 4.78 is 14.3. The molecule has 0 amide bonds. The summed E-state index contributed by atoms with van der Waals surface area (Å²) in [5.74, 6) is 3.91. The van der Waals surface area contributed by atoms with Crippen molar-refractivity contribution >= 4 is 16.8 Å². The van der Waals surface area contributed by atoms with E-state index >= 15 is 0 Å². The van der Waals surface area contributed by atoms with E-state index in [9.17, 15) is 4.21 Å². The third-order valence-electron chi connectivity index (χ3n) is 4.66. The fourth-order valence-corrected chi connectivity index (χ4v) is 4.24. The van der Waals surface area contributed by atoms with Crippen molar-refractivity contribution in [2.24, 2.45) is 4.99 Å². The molecule has 2 aromatic rings. The molecule has 3 rings (SSSR count). The van der Waals surface area contributed by atoms with Crippen LogP contribution in [0.25, 0.3) is 0 Å². The topological polar surface area (TPSA) is 84.2 Å². The van der Waals surface area contributed by atoms with Gasteiger partial charge in [0.05, 0.1) is 13.1 Å². The normalized spacial score (nSPS) is 17.8. The third kappa shape index (κ3) is 5.89. The number of hydrogen-bond donors (Lipinski definition) is 2. The summed E-state index contributed by atoms with van der Waals surface area (Å²) in [6.45, 7) is 6.26. The number of aryl methyl sites for hydroxylation is 2. The highest BCUT2D eigenvalue weighted by Crippen LogP contribution is 2.13. The number of nitrogens with one attached hydrogen (secondary N) is 2. The highest BCUT2D eigenvalue weighted by molar-refractivity contribution is 7.84. The van der Waals surface area contributed by atoms with Crippen LogP contribution in [0.3, 0.4) is 0 Å². The van der Waals surface area contributed by atoms with Crippen molar-refractivity contribution in [2.75, 3.05) is 18.8 Å². The maximum absolute atomic E-state index is 12.3. The Kier molecular flexibility index (Phi) is 7.59. The van der Waals surface area contributed by atoms with E-state index in [0.29, 0.717) is 18.1 Å². The predicted molar refractivity (Wildman–Crippen MR) is 114 cm³/mol. The molecule has 2 unspecified atom stereocenters. The van der Waals surface area contributed by atoms with Crippen molar-refractivity contribution in [3.8, 4) is 0 Å². The minimum atomic E-state index is -0.911. The van der Waals surface area contributed by atoms with Gasteiger partial charge in [-0.25, -0.2) is 9.67 Å². The maximum Gasteiger partial charge on any atom is 0.191 e. The SMILES string of the molecule is CCNC(=NCCS(=O)Cc1ccccc1)NC1CCc2nc(CC)nn2C1. The minimum absolute atomic E-state index is 0.270. The Morgan fingerprint density at radius 3 is 2.89 bits per heavy atom. The lowest BCUT2D eigenvalue weighted by Gasteiger charge is -2.25. The molecule has 1 aromatic heterocycles. The molecule has 0 aliphatic carbocycles. The van der Waals surface area contributed by atoms with Crippen molar-refractivity contribution in [2.45, 2.75) is 51.4 Å². The molecule has 0 bridgehead atoms. The first kappa shape index (κ1) is 20.5. The van der Waals surface area contributed by atoms with Crippen LogP contribution < -0.4 is 10.6 Å². The Labute approximate surface area is 169 Å². The molecular formula is C20H30N6OS. The highest BCUT2D eigenvalue weighted by Gasteiger charge is 2.22. The molecular weight excluding hydrogens is 372 g/mol. The molecule has 7 nitrogen and oxygen atoms in total. The van der Waals surface area contributed by atoms with Gasteiger partial charge in [0.25, 0.3) is 0 Å². The first-order valence-electron chi connectivity index (χ1n) is 10.0. The number of rotatable bonds is 8. The van der Waals surface area contributed by atoms with Gasteiger partial charge in [-0.1, -0.05) is 37.3 Å². The van der Waals surface area contributed by atoms with Crippen LogP contribution in [0.1, 0.15) is 37.5 Å². The molecule has 1 aromatic carbocycles. The molecule has 2 N–H and O–H groups in total. The molecule has 1 aliphatic rings. The number of fused-ring (bicyclic) bond motifs is 1. The van der Waals surface area contributed by atoms with Crippen molar-refractivity contribution in [3.05, 3.63) is 47.5 Å². The van der Waals surface area contributed by atoms with Gasteiger partial charge in [-0.15, -0.1) is 0 Å². The highest BCUT2D eigenvalue weighted by atomic mass is 32.2. The van der Waals surface area contributed by atoms with Gasteiger partial charge in [-0.3, -0.25) is 9.20 Å². The Balaban J connectivity index is 1.50. The quantitative estimate of drug-likeness (QED) is 0.518. The lowest BCUT2D eigenvalue weighted by atomic mass is 10.1. The molecule has 8 heteroatoms. The van der Waals surface area contributed by atoms with Crippen LogP contribution in [0, 0.1) is 0 Å². The average Bonchev–Trinajstić information content (AvgIpc) is 3.11. The van der Waals surface area contributed by atoms with Gasteiger partial charge in [0.2, 0.25) is 0 Å². The van der Waals surface area contributed by atoms with Crippen LogP contribution in [-0.2, 0) is 35.9 Å². The molecule has 0 saturated carbocycles. The standard InChI is InChI=1S/C20H30N6OS/c1-3-18-24-19-11-10-17(14-26(19)25-18)23-20(21-4-2)22-12-13-28(27)15-16-8-6-5-7-9-16/h5-9,17H,3-4,10-15H2,1-2H3,(H2,21,22,23). The van der Waals surface area contributed by atoms with Gasteiger partial charge >= 0.3 is 0 Å². The van der Waals surface area contributed by atoms with Crippen molar-refractivity contribution < 1.29 is 4.21 Å². The fourth-order valence-electron chi connectivity index (χ4n) is 3.23. The molecule has 2 atom stereocenters. The van der Waals surface area contributed by atoms with Gasteiger partial charge in [0, 0.05) is 47.7 Å². The van der Waals surface area contributed by atoms with E-state index in [1.165, 1.54) is 0 Å². The average molecular weight is 403 g/mol. The molecule has 2 heterocycles. The zero-order chi connectivity index (χ0) is 19.8. The van der Waals surface area contributed by atoms with Gasteiger partial charge in [0.15, 0.2) is 11.8 Å². The number of benzene rings is 1. The summed E-state index contributed by atoms with van der Waals surface area (Å²) in [5.41, 5.74) is 1.10. The lowest BCUT2D eigenvalue weighted by molar-refractivity contribution is 0.392. The first-order chi connectivity index (χ1) is 13.7. The van der Waals surface area contributed by atoms with Crippen LogP contribution in [-0.4, -0.2) is 49.8 Å². The molecule has 28 heavy (non-hydrogen) atoms. The smallest absolute Gasteiger partial charge is 0.191 e. The monoisotopic (exact) mass is 402 g/mol. The van der Waals surface area contributed by atoms with Gasteiger partial charge < -0.3 is 10.6 Å². The summed E-state index contributed by atoms with van der Waals surface area (Å²) in [5, 5.41) is 11.4. The van der Waals surface area contributed by atoms with Crippen molar-refractivity contribution in [1.29, 1.82) is 0 Å². The number of hydrogen-bond acceptors (Lipinski definition) is 4. The predicted octanol–water partition coefficient (Wildman–Crippen LogP) is 1.66. The Morgan fingerprint density at radius 2 is 2.14 bits per heavy atom. The van der Waals surface area contributed by atoms with E-state index in [2.05, 4.69) is 39.6 Å². The molecule has 0 radical (unpaired) electrons. The number of aromatic nitrogens is 3. The second kappa shape index (κ2) is 10.4. The van der Waals surface area contributed by atoms with Crippen LogP contribution in [0.15, 0.2) is 35.3 Å². The van der Waals surface area contributed by atoms with E-state index < -0.39 is 10.8 Å². The largest absolute Gasteiger partial charge is 0.357 e. The fraction of sp³-hybridized carbons (Fsp3) is 0.550. The van der Waals surface area contributed by atoms with E-state index in [4.69, 9.17) is 0 Å². The first-order valence-corrected chi connectivity index (χ1v) is 11.5. The van der Waals surface area contributed by atoms with Gasteiger partial charge in [-0.05, 0) is 18.9 Å². The van der Waals surface area contributed by atoms with E-state index in [-0.39, 0.29) is 6.04 Å². The zero-order valence-corrected chi connectivity index (χ0v) is 17.5. The molecule has 152 valence electrons. The van der Waals surface area contributed by atoms with E-state index in [1.54, 1.807) is 0 Å². The molecule has 1 aliphatic heterocycles. The summed E-state index contributed by atoms with van der Waals surface area (Å²) in [6.07, 6.45) is 2.79. The van der Waals surface area contributed by atoms with Crippen molar-refractivity contribution in [1.82, 2.24) is 25.4 Å². The Hall–Kier alpha value is -2.22. The lowest BCUT2D eigenvalue weighted by Crippen LogP contribution is -2.47. The number of aliphatic imine (C=N–C) groups is 1. The number of guanidine groups is 1. The molecule has 0 saturated heterocycles.